The molecule has 74 valence electrons. The van der Waals surface area contributed by atoms with Crippen LogP contribution in [0.3, 0.4) is 0 Å². The van der Waals surface area contributed by atoms with Gasteiger partial charge in [0.15, 0.2) is 0 Å². The number of fused-ring (bicyclic) bond motifs is 2. The van der Waals surface area contributed by atoms with Gasteiger partial charge in [-0.15, -0.1) is 0 Å². The number of hydrogen-bond acceptors (Lipinski definition) is 0. The molecule has 0 nitrogen and oxygen atoms in total. The zero-order valence-corrected chi connectivity index (χ0v) is 9.70. The second kappa shape index (κ2) is 2.21. The fourth-order valence-corrected chi connectivity index (χ4v) is 3.72. The van der Waals surface area contributed by atoms with Crippen molar-refractivity contribution in [3.8, 4) is 0 Å². The van der Waals surface area contributed by atoms with Crippen molar-refractivity contribution in [3.05, 3.63) is 11.6 Å². The number of hydrogen-bond donors (Lipinski definition) is 0. The average Bonchev–Trinajstić information content (AvgIpc) is 2.37. The SMILES string of the molecule is CC1=CC2(C)CCC1(C(C)(C)C)C2. The van der Waals surface area contributed by atoms with E-state index in [2.05, 4.69) is 40.7 Å². The fourth-order valence-electron chi connectivity index (χ4n) is 3.72. The Labute approximate surface area is 82.4 Å². The summed E-state index contributed by atoms with van der Waals surface area (Å²) in [6.45, 7) is 12.0. The van der Waals surface area contributed by atoms with Gasteiger partial charge >= 0.3 is 0 Å². The first kappa shape index (κ1) is 9.30. The van der Waals surface area contributed by atoms with Gasteiger partial charge in [-0.25, -0.2) is 0 Å². The maximum absolute atomic E-state index is 2.54. The molecule has 0 aromatic rings. The minimum Gasteiger partial charge on any atom is -0.0790 e. The minimum absolute atomic E-state index is 0.446. The van der Waals surface area contributed by atoms with Crippen LogP contribution in [-0.4, -0.2) is 0 Å². The van der Waals surface area contributed by atoms with Crippen LogP contribution in [0.2, 0.25) is 0 Å². The van der Waals surface area contributed by atoms with Crippen molar-refractivity contribution in [3.63, 3.8) is 0 Å². The maximum atomic E-state index is 2.54. The summed E-state index contributed by atoms with van der Waals surface area (Å²) in [5.74, 6) is 0. The topological polar surface area (TPSA) is 0 Å². The molecule has 2 bridgehead atoms. The van der Waals surface area contributed by atoms with Crippen molar-refractivity contribution in [2.24, 2.45) is 16.2 Å². The average molecular weight is 178 g/mol. The van der Waals surface area contributed by atoms with Crippen LogP contribution in [0.15, 0.2) is 11.6 Å². The summed E-state index contributed by atoms with van der Waals surface area (Å²) in [6, 6.07) is 0. The molecule has 2 rings (SSSR count). The van der Waals surface area contributed by atoms with Crippen molar-refractivity contribution in [2.75, 3.05) is 0 Å². The Morgan fingerprint density at radius 1 is 1.23 bits per heavy atom. The van der Waals surface area contributed by atoms with Crippen LogP contribution in [-0.2, 0) is 0 Å². The van der Waals surface area contributed by atoms with Crippen molar-refractivity contribution in [1.29, 1.82) is 0 Å². The van der Waals surface area contributed by atoms with Crippen molar-refractivity contribution in [2.45, 2.75) is 53.9 Å². The first-order valence-corrected chi connectivity index (χ1v) is 5.49. The molecule has 2 aliphatic rings. The van der Waals surface area contributed by atoms with Gasteiger partial charge in [-0.3, -0.25) is 0 Å². The third kappa shape index (κ3) is 1.04. The van der Waals surface area contributed by atoms with Gasteiger partial charge in [0.1, 0.15) is 0 Å². The molecule has 0 aromatic heterocycles. The Morgan fingerprint density at radius 2 is 1.85 bits per heavy atom. The van der Waals surface area contributed by atoms with Crippen molar-refractivity contribution >= 4 is 0 Å². The Hall–Kier alpha value is -0.260. The highest BCUT2D eigenvalue weighted by Gasteiger charge is 2.56. The molecular formula is C13H22. The first-order valence-electron chi connectivity index (χ1n) is 5.49. The number of allylic oxidation sites excluding steroid dienone is 2. The zero-order valence-electron chi connectivity index (χ0n) is 9.70. The minimum atomic E-state index is 0.446. The highest BCUT2D eigenvalue weighted by atomic mass is 14.6. The quantitative estimate of drug-likeness (QED) is 0.488. The van der Waals surface area contributed by atoms with E-state index >= 15 is 0 Å². The van der Waals surface area contributed by atoms with Crippen molar-refractivity contribution < 1.29 is 0 Å². The molecule has 0 aliphatic heterocycles. The van der Waals surface area contributed by atoms with Gasteiger partial charge in [-0.2, -0.15) is 0 Å². The zero-order chi connectivity index (χ0) is 9.91. The monoisotopic (exact) mass is 178 g/mol. The van der Waals surface area contributed by atoms with E-state index < -0.39 is 0 Å². The second-order valence-corrected chi connectivity index (χ2v) is 6.49. The number of rotatable bonds is 0. The summed E-state index contributed by atoms with van der Waals surface area (Å²) in [6.07, 6.45) is 6.76. The fraction of sp³-hybridized carbons (Fsp3) is 0.846. The molecule has 0 saturated heterocycles. The van der Waals surface area contributed by atoms with Gasteiger partial charge in [0, 0.05) is 0 Å². The van der Waals surface area contributed by atoms with E-state index in [0.29, 0.717) is 16.2 Å². The standard InChI is InChI=1S/C13H22/c1-10-8-12(5)6-7-13(10,9-12)11(2,3)4/h8H,6-7,9H2,1-5H3. The molecular weight excluding hydrogens is 156 g/mol. The Kier molecular flexibility index (Phi) is 1.58. The molecule has 0 radical (unpaired) electrons. The van der Waals surface area contributed by atoms with Gasteiger partial charge < -0.3 is 0 Å². The highest BCUT2D eigenvalue weighted by molar-refractivity contribution is 5.31. The van der Waals surface area contributed by atoms with Gasteiger partial charge in [-0.05, 0) is 42.4 Å². The third-order valence-corrected chi connectivity index (χ3v) is 4.58. The molecule has 0 heteroatoms. The smallest absolute Gasteiger partial charge is 0.00337 e. The van der Waals surface area contributed by atoms with E-state index in [-0.39, 0.29) is 0 Å². The molecule has 2 aliphatic carbocycles. The van der Waals surface area contributed by atoms with Crippen LogP contribution in [0.5, 0.6) is 0 Å². The van der Waals surface area contributed by atoms with E-state index in [1.54, 1.807) is 5.57 Å². The summed E-state index contributed by atoms with van der Waals surface area (Å²) < 4.78 is 0. The van der Waals surface area contributed by atoms with E-state index in [4.69, 9.17) is 0 Å². The predicted molar refractivity (Wildman–Crippen MR) is 57.6 cm³/mol. The molecule has 0 aromatic carbocycles. The molecule has 0 heterocycles. The lowest BCUT2D eigenvalue weighted by molar-refractivity contribution is 0.139. The largest absolute Gasteiger partial charge is 0.0790 e. The van der Waals surface area contributed by atoms with Crippen LogP contribution < -0.4 is 0 Å². The van der Waals surface area contributed by atoms with E-state index in [9.17, 15) is 0 Å². The Balaban J connectivity index is 2.44. The van der Waals surface area contributed by atoms with Crippen LogP contribution in [0, 0.1) is 16.2 Å². The van der Waals surface area contributed by atoms with Gasteiger partial charge in [0.2, 0.25) is 0 Å². The van der Waals surface area contributed by atoms with Gasteiger partial charge in [-0.1, -0.05) is 39.3 Å². The summed E-state index contributed by atoms with van der Waals surface area (Å²) in [5.41, 5.74) is 3.18. The molecule has 0 spiro atoms. The molecule has 13 heavy (non-hydrogen) atoms. The van der Waals surface area contributed by atoms with Crippen LogP contribution in [0.4, 0.5) is 0 Å². The second-order valence-electron chi connectivity index (χ2n) is 6.49. The van der Waals surface area contributed by atoms with Crippen LogP contribution >= 0.6 is 0 Å². The van der Waals surface area contributed by atoms with Gasteiger partial charge in [0.25, 0.3) is 0 Å². The Bertz CT molecular complexity index is 266. The molecule has 2 unspecified atom stereocenters. The van der Waals surface area contributed by atoms with E-state index in [1.165, 1.54) is 19.3 Å². The molecule has 0 N–H and O–H groups in total. The predicted octanol–water partition coefficient (Wildman–Crippen LogP) is 4.17. The summed E-state index contributed by atoms with van der Waals surface area (Å²) in [7, 11) is 0. The van der Waals surface area contributed by atoms with E-state index in [1.807, 2.05) is 0 Å². The summed E-state index contributed by atoms with van der Waals surface area (Å²) in [4.78, 5) is 0. The lowest BCUT2D eigenvalue weighted by Crippen LogP contribution is -2.33. The molecule has 1 fully saturated rings. The normalized spacial score (nSPS) is 43.9. The summed E-state index contributed by atoms with van der Waals surface area (Å²) in [5, 5.41) is 0. The molecule has 0 amide bonds. The maximum Gasteiger partial charge on any atom is -0.00337 e. The highest BCUT2D eigenvalue weighted by Crippen LogP contribution is 2.66. The van der Waals surface area contributed by atoms with E-state index in [0.717, 1.165) is 0 Å². The third-order valence-electron chi connectivity index (χ3n) is 4.58. The van der Waals surface area contributed by atoms with Gasteiger partial charge in [0.05, 0.1) is 0 Å². The lowest BCUT2D eigenvalue weighted by Gasteiger charge is -2.42. The van der Waals surface area contributed by atoms with Crippen LogP contribution in [0.1, 0.15) is 53.9 Å². The molecule has 2 atom stereocenters. The first-order chi connectivity index (χ1) is 5.79. The van der Waals surface area contributed by atoms with Crippen LogP contribution in [0.25, 0.3) is 0 Å². The Morgan fingerprint density at radius 3 is 2.08 bits per heavy atom. The summed E-state index contributed by atoms with van der Waals surface area (Å²) >= 11 is 0. The lowest BCUT2D eigenvalue weighted by atomic mass is 9.63. The van der Waals surface area contributed by atoms with Crippen molar-refractivity contribution in [1.82, 2.24) is 0 Å². The molecule has 1 saturated carbocycles.